The van der Waals surface area contributed by atoms with Gasteiger partial charge in [-0.2, -0.15) is 4.98 Å². The Labute approximate surface area is 113 Å². The Hall–Kier alpha value is -0.830. The SMILES string of the molecule is Clc1cc(OC2CCCCCC2)nc(C2CC2)n1. The molecule has 0 amide bonds. The van der Waals surface area contributed by atoms with E-state index in [0.717, 1.165) is 18.7 Å². The minimum atomic E-state index is 0.311. The van der Waals surface area contributed by atoms with Crippen molar-refractivity contribution in [2.45, 2.75) is 63.4 Å². The van der Waals surface area contributed by atoms with E-state index in [1.165, 1.54) is 38.5 Å². The van der Waals surface area contributed by atoms with Crippen LogP contribution in [0.1, 0.15) is 63.1 Å². The van der Waals surface area contributed by atoms with Crippen LogP contribution >= 0.6 is 11.6 Å². The molecule has 0 aromatic carbocycles. The molecule has 0 atom stereocenters. The lowest BCUT2D eigenvalue weighted by molar-refractivity contribution is 0.175. The van der Waals surface area contributed by atoms with E-state index in [4.69, 9.17) is 16.3 Å². The topological polar surface area (TPSA) is 35.0 Å². The van der Waals surface area contributed by atoms with Gasteiger partial charge >= 0.3 is 0 Å². The fraction of sp³-hybridized carbons (Fsp3) is 0.714. The van der Waals surface area contributed by atoms with Gasteiger partial charge in [-0.3, -0.25) is 0 Å². The molecule has 0 N–H and O–H groups in total. The summed E-state index contributed by atoms with van der Waals surface area (Å²) in [6, 6.07) is 1.75. The molecule has 3 nitrogen and oxygen atoms in total. The van der Waals surface area contributed by atoms with Gasteiger partial charge in [-0.15, -0.1) is 0 Å². The van der Waals surface area contributed by atoms with Gasteiger partial charge in [-0.1, -0.05) is 24.4 Å². The molecule has 1 aromatic heterocycles. The summed E-state index contributed by atoms with van der Waals surface area (Å²) in [5.74, 6) is 2.05. The zero-order chi connectivity index (χ0) is 12.4. The van der Waals surface area contributed by atoms with Crippen LogP contribution in [0.15, 0.2) is 6.07 Å². The average Bonchev–Trinajstić information content (AvgIpc) is 3.16. The molecule has 0 radical (unpaired) electrons. The summed E-state index contributed by atoms with van der Waals surface area (Å²) in [5.41, 5.74) is 0. The van der Waals surface area contributed by atoms with Crippen LogP contribution in [0.5, 0.6) is 5.88 Å². The Bertz CT molecular complexity index is 412. The van der Waals surface area contributed by atoms with Gasteiger partial charge in [0.25, 0.3) is 0 Å². The van der Waals surface area contributed by atoms with Gasteiger partial charge in [-0.25, -0.2) is 4.98 Å². The molecule has 0 bridgehead atoms. The maximum atomic E-state index is 6.04. The molecule has 1 heterocycles. The van der Waals surface area contributed by atoms with Crippen molar-refractivity contribution in [1.82, 2.24) is 9.97 Å². The summed E-state index contributed by atoms with van der Waals surface area (Å²) >= 11 is 6.04. The van der Waals surface area contributed by atoms with Crippen molar-refractivity contribution in [2.75, 3.05) is 0 Å². The number of rotatable bonds is 3. The first-order chi connectivity index (χ1) is 8.81. The second-order valence-electron chi connectivity index (χ2n) is 5.39. The third-order valence-electron chi connectivity index (χ3n) is 3.72. The van der Waals surface area contributed by atoms with E-state index >= 15 is 0 Å². The molecule has 98 valence electrons. The van der Waals surface area contributed by atoms with Crippen molar-refractivity contribution >= 4 is 11.6 Å². The van der Waals surface area contributed by atoms with Gasteiger partial charge in [0.2, 0.25) is 5.88 Å². The summed E-state index contributed by atoms with van der Waals surface area (Å²) in [5, 5.41) is 0.510. The molecule has 0 unspecified atom stereocenters. The van der Waals surface area contributed by atoms with Crippen LogP contribution in [0.25, 0.3) is 0 Å². The third kappa shape index (κ3) is 3.14. The van der Waals surface area contributed by atoms with Crippen molar-refractivity contribution < 1.29 is 4.74 Å². The van der Waals surface area contributed by atoms with E-state index in [1.807, 2.05) is 0 Å². The number of aromatic nitrogens is 2. The Morgan fingerprint density at radius 2 is 1.72 bits per heavy atom. The van der Waals surface area contributed by atoms with Crippen molar-refractivity contribution in [2.24, 2.45) is 0 Å². The van der Waals surface area contributed by atoms with Crippen LogP contribution in [0.4, 0.5) is 0 Å². The lowest BCUT2D eigenvalue weighted by Crippen LogP contribution is -2.16. The first-order valence-corrected chi connectivity index (χ1v) is 7.40. The smallest absolute Gasteiger partial charge is 0.218 e. The minimum absolute atomic E-state index is 0.311. The Morgan fingerprint density at radius 3 is 2.39 bits per heavy atom. The highest BCUT2D eigenvalue weighted by atomic mass is 35.5. The fourth-order valence-electron chi connectivity index (χ4n) is 2.53. The lowest BCUT2D eigenvalue weighted by atomic mass is 10.1. The van der Waals surface area contributed by atoms with Gasteiger partial charge in [0.15, 0.2) is 0 Å². The highest BCUT2D eigenvalue weighted by Gasteiger charge is 2.27. The molecule has 2 aliphatic carbocycles. The number of hydrogen-bond donors (Lipinski definition) is 0. The predicted octanol–water partition coefficient (Wildman–Crippen LogP) is 4.11. The average molecular weight is 267 g/mol. The number of hydrogen-bond acceptors (Lipinski definition) is 3. The predicted molar refractivity (Wildman–Crippen MR) is 71.1 cm³/mol. The van der Waals surface area contributed by atoms with Crippen LogP contribution in [0.2, 0.25) is 5.15 Å². The summed E-state index contributed by atoms with van der Waals surface area (Å²) in [6.07, 6.45) is 10.1. The summed E-state index contributed by atoms with van der Waals surface area (Å²) in [4.78, 5) is 8.78. The van der Waals surface area contributed by atoms with E-state index in [2.05, 4.69) is 9.97 Å². The maximum Gasteiger partial charge on any atom is 0.218 e. The van der Waals surface area contributed by atoms with Crippen LogP contribution in [0.3, 0.4) is 0 Å². The summed E-state index contributed by atoms with van der Waals surface area (Å²) in [6.45, 7) is 0. The number of halogens is 1. The molecule has 2 aliphatic rings. The van der Waals surface area contributed by atoms with E-state index in [0.29, 0.717) is 23.1 Å². The van der Waals surface area contributed by atoms with Crippen molar-refractivity contribution in [3.8, 4) is 5.88 Å². The highest BCUT2D eigenvalue weighted by Crippen LogP contribution is 2.39. The molecule has 1 aromatic rings. The van der Waals surface area contributed by atoms with Crippen LogP contribution < -0.4 is 4.74 Å². The van der Waals surface area contributed by atoms with Crippen LogP contribution in [0, 0.1) is 0 Å². The van der Waals surface area contributed by atoms with Gasteiger partial charge in [0, 0.05) is 12.0 Å². The first-order valence-electron chi connectivity index (χ1n) is 7.02. The lowest BCUT2D eigenvalue weighted by Gasteiger charge is -2.16. The summed E-state index contributed by atoms with van der Waals surface area (Å²) < 4.78 is 6.00. The van der Waals surface area contributed by atoms with Crippen molar-refractivity contribution in [3.63, 3.8) is 0 Å². The largest absolute Gasteiger partial charge is 0.474 e. The first kappa shape index (κ1) is 12.2. The molecular formula is C14H19ClN2O. The fourth-order valence-corrected chi connectivity index (χ4v) is 2.71. The molecule has 18 heavy (non-hydrogen) atoms. The standard InChI is InChI=1S/C14H19ClN2O/c15-12-9-13(17-14(16-12)10-7-8-10)18-11-5-3-1-2-4-6-11/h9-11H,1-8H2. The monoisotopic (exact) mass is 266 g/mol. The second-order valence-corrected chi connectivity index (χ2v) is 5.78. The van der Waals surface area contributed by atoms with Crippen molar-refractivity contribution in [1.29, 1.82) is 0 Å². The van der Waals surface area contributed by atoms with Gasteiger partial charge in [0.1, 0.15) is 17.1 Å². The molecule has 0 saturated heterocycles. The molecule has 3 rings (SSSR count). The zero-order valence-electron chi connectivity index (χ0n) is 10.6. The van der Waals surface area contributed by atoms with Gasteiger partial charge in [-0.05, 0) is 38.5 Å². The second kappa shape index (κ2) is 5.43. The van der Waals surface area contributed by atoms with E-state index in [-0.39, 0.29) is 0 Å². The number of ether oxygens (including phenoxy) is 1. The normalized spacial score (nSPS) is 21.6. The number of nitrogens with zero attached hydrogens (tertiary/aromatic N) is 2. The summed E-state index contributed by atoms with van der Waals surface area (Å²) in [7, 11) is 0. The Balaban J connectivity index is 1.70. The van der Waals surface area contributed by atoms with E-state index in [1.54, 1.807) is 6.07 Å². The van der Waals surface area contributed by atoms with Gasteiger partial charge < -0.3 is 4.74 Å². The maximum absolute atomic E-state index is 6.04. The molecule has 2 saturated carbocycles. The third-order valence-corrected chi connectivity index (χ3v) is 3.91. The molecular weight excluding hydrogens is 248 g/mol. The molecule has 2 fully saturated rings. The highest BCUT2D eigenvalue weighted by molar-refractivity contribution is 6.29. The minimum Gasteiger partial charge on any atom is -0.474 e. The Morgan fingerprint density at radius 1 is 1.00 bits per heavy atom. The molecule has 0 spiro atoms. The quantitative estimate of drug-likeness (QED) is 0.610. The Kier molecular flexibility index (Phi) is 3.69. The molecule has 0 aliphatic heterocycles. The van der Waals surface area contributed by atoms with Gasteiger partial charge in [0.05, 0.1) is 0 Å². The van der Waals surface area contributed by atoms with Crippen LogP contribution in [-0.4, -0.2) is 16.1 Å². The zero-order valence-corrected chi connectivity index (χ0v) is 11.3. The van der Waals surface area contributed by atoms with Crippen LogP contribution in [-0.2, 0) is 0 Å². The van der Waals surface area contributed by atoms with E-state index in [9.17, 15) is 0 Å². The van der Waals surface area contributed by atoms with E-state index < -0.39 is 0 Å². The molecule has 4 heteroatoms. The van der Waals surface area contributed by atoms with Crippen molar-refractivity contribution in [3.05, 3.63) is 17.0 Å².